The number of halogens is 2. The highest BCUT2D eigenvalue weighted by Gasteiger charge is 2.25. The van der Waals surface area contributed by atoms with Crippen LogP contribution in [-0.4, -0.2) is 17.7 Å². The predicted octanol–water partition coefficient (Wildman–Crippen LogP) is 2.68. The molecule has 1 rings (SSSR count). The second kappa shape index (κ2) is 5.13. The molecular formula is C12H17ClFNO. The Bertz CT molecular complexity index is 366. The summed E-state index contributed by atoms with van der Waals surface area (Å²) in [5.41, 5.74) is -0.571. The molecule has 0 heterocycles. The van der Waals surface area contributed by atoms with Gasteiger partial charge in [-0.05, 0) is 19.1 Å². The van der Waals surface area contributed by atoms with Crippen LogP contribution < -0.4 is 5.32 Å². The van der Waals surface area contributed by atoms with Crippen molar-refractivity contribution in [3.05, 3.63) is 34.6 Å². The molecule has 4 heteroatoms. The van der Waals surface area contributed by atoms with Crippen molar-refractivity contribution in [1.29, 1.82) is 0 Å². The molecule has 0 spiro atoms. The van der Waals surface area contributed by atoms with E-state index in [9.17, 15) is 9.50 Å². The second-order valence-corrected chi connectivity index (χ2v) is 4.84. The lowest BCUT2D eigenvalue weighted by Crippen LogP contribution is -2.38. The van der Waals surface area contributed by atoms with Gasteiger partial charge in [0, 0.05) is 23.2 Å². The standard InChI is InChI=1S/C12H17ClFNO/c1-8(2)15-7-12(3,16)10-5-4-9(14)6-11(10)13/h4-6,8,15-16H,7H2,1-3H3. The van der Waals surface area contributed by atoms with Crippen LogP contribution in [0, 0.1) is 5.82 Å². The molecule has 0 radical (unpaired) electrons. The number of rotatable bonds is 4. The number of nitrogens with one attached hydrogen (secondary N) is 1. The average Bonchev–Trinajstić information content (AvgIpc) is 2.14. The van der Waals surface area contributed by atoms with Crippen LogP contribution in [0.15, 0.2) is 18.2 Å². The van der Waals surface area contributed by atoms with Gasteiger partial charge in [0.1, 0.15) is 11.4 Å². The molecule has 0 aliphatic rings. The van der Waals surface area contributed by atoms with Gasteiger partial charge in [0.15, 0.2) is 0 Å². The monoisotopic (exact) mass is 245 g/mol. The van der Waals surface area contributed by atoms with Crippen LogP contribution in [0.25, 0.3) is 0 Å². The van der Waals surface area contributed by atoms with Gasteiger partial charge in [-0.15, -0.1) is 0 Å². The second-order valence-electron chi connectivity index (χ2n) is 4.43. The Labute approximate surface area is 100 Å². The van der Waals surface area contributed by atoms with Gasteiger partial charge in [-0.3, -0.25) is 0 Å². The van der Waals surface area contributed by atoms with Crippen molar-refractivity contribution in [3.8, 4) is 0 Å². The summed E-state index contributed by atoms with van der Waals surface area (Å²) < 4.78 is 12.9. The lowest BCUT2D eigenvalue weighted by atomic mass is 9.95. The molecule has 90 valence electrons. The molecule has 0 amide bonds. The zero-order valence-electron chi connectivity index (χ0n) is 9.72. The van der Waals surface area contributed by atoms with Crippen molar-refractivity contribution in [2.75, 3.05) is 6.54 Å². The maximum atomic E-state index is 12.9. The van der Waals surface area contributed by atoms with Gasteiger partial charge in [-0.25, -0.2) is 4.39 Å². The van der Waals surface area contributed by atoms with E-state index in [4.69, 9.17) is 11.6 Å². The Kier molecular flexibility index (Phi) is 4.30. The lowest BCUT2D eigenvalue weighted by Gasteiger charge is -2.26. The van der Waals surface area contributed by atoms with E-state index in [0.29, 0.717) is 12.1 Å². The maximum absolute atomic E-state index is 12.9. The number of hydrogen-bond donors (Lipinski definition) is 2. The summed E-state index contributed by atoms with van der Waals surface area (Å²) >= 11 is 5.90. The fraction of sp³-hybridized carbons (Fsp3) is 0.500. The third kappa shape index (κ3) is 3.44. The van der Waals surface area contributed by atoms with Crippen molar-refractivity contribution in [1.82, 2.24) is 5.32 Å². The fourth-order valence-corrected chi connectivity index (χ4v) is 1.80. The molecule has 0 aliphatic heterocycles. The molecular weight excluding hydrogens is 229 g/mol. The molecule has 1 aromatic rings. The highest BCUT2D eigenvalue weighted by Crippen LogP contribution is 2.28. The van der Waals surface area contributed by atoms with Crippen molar-refractivity contribution in [2.45, 2.75) is 32.4 Å². The minimum Gasteiger partial charge on any atom is -0.384 e. The van der Waals surface area contributed by atoms with E-state index in [2.05, 4.69) is 5.32 Å². The number of aliphatic hydroxyl groups is 1. The Balaban J connectivity index is 2.88. The summed E-state index contributed by atoms with van der Waals surface area (Å²) in [6.45, 7) is 6.00. The number of hydrogen-bond acceptors (Lipinski definition) is 2. The van der Waals surface area contributed by atoms with E-state index in [0.717, 1.165) is 0 Å². The van der Waals surface area contributed by atoms with Crippen LogP contribution in [0.1, 0.15) is 26.3 Å². The van der Waals surface area contributed by atoms with E-state index in [-0.39, 0.29) is 11.1 Å². The van der Waals surface area contributed by atoms with Crippen molar-refractivity contribution in [2.24, 2.45) is 0 Å². The molecule has 2 nitrogen and oxygen atoms in total. The molecule has 0 saturated heterocycles. The quantitative estimate of drug-likeness (QED) is 0.855. The molecule has 1 aromatic carbocycles. The van der Waals surface area contributed by atoms with Gasteiger partial charge < -0.3 is 10.4 Å². The molecule has 16 heavy (non-hydrogen) atoms. The smallest absolute Gasteiger partial charge is 0.124 e. The zero-order chi connectivity index (χ0) is 12.3. The van der Waals surface area contributed by atoms with Crippen LogP contribution in [0.3, 0.4) is 0 Å². The zero-order valence-corrected chi connectivity index (χ0v) is 10.5. The summed E-state index contributed by atoms with van der Waals surface area (Å²) in [7, 11) is 0. The topological polar surface area (TPSA) is 32.3 Å². The SMILES string of the molecule is CC(C)NCC(C)(O)c1ccc(F)cc1Cl. The molecule has 0 bridgehead atoms. The van der Waals surface area contributed by atoms with E-state index in [1.54, 1.807) is 6.92 Å². The van der Waals surface area contributed by atoms with E-state index >= 15 is 0 Å². The Morgan fingerprint density at radius 3 is 2.62 bits per heavy atom. The van der Waals surface area contributed by atoms with Gasteiger partial charge in [-0.2, -0.15) is 0 Å². The maximum Gasteiger partial charge on any atom is 0.124 e. The summed E-state index contributed by atoms with van der Waals surface area (Å²) in [6, 6.07) is 4.29. The van der Waals surface area contributed by atoms with E-state index < -0.39 is 11.4 Å². The largest absolute Gasteiger partial charge is 0.384 e. The summed E-state index contributed by atoms with van der Waals surface area (Å²) in [5, 5.41) is 13.6. The molecule has 2 N–H and O–H groups in total. The minimum absolute atomic E-state index is 0.246. The molecule has 1 unspecified atom stereocenters. The number of benzene rings is 1. The highest BCUT2D eigenvalue weighted by atomic mass is 35.5. The normalized spacial score (nSPS) is 15.2. The van der Waals surface area contributed by atoms with Gasteiger partial charge >= 0.3 is 0 Å². The summed E-state index contributed by atoms with van der Waals surface area (Å²) in [5.74, 6) is -0.402. The van der Waals surface area contributed by atoms with Crippen LogP contribution in [0.5, 0.6) is 0 Å². The van der Waals surface area contributed by atoms with Crippen LogP contribution in [0.4, 0.5) is 4.39 Å². The first kappa shape index (κ1) is 13.4. The van der Waals surface area contributed by atoms with Crippen LogP contribution >= 0.6 is 11.6 Å². The molecule has 0 aromatic heterocycles. The molecule has 0 fully saturated rings. The first-order chi connectivity index (χ1) is 7.33. The minimum atomic E-state index is -1.10. The fourth-order valence-electron chi connectivity index (χ4n) is 1.42. The van der Waals surface area contributed by atoms with Crippen molar-refractivity contribution >= 4 is 11.6 Å². The summed E-state index contributed by atoms with van der Waals surface area (Å²) in [4.78, 5) is 0. The van der Waals surface area contributed by atoms with Gasteiger partial charge in [0.25, 0.3) is 0 Å². The molecule has 1 atom stereocenters. The Morgan fingerprint density at radius 1 is 1.50 bits per heavy atom. The van der Waals surface area contributed by atoms with Crippen molar-refractivity contribution < 1.29 is 9.50 Å². The Morgan fingerprint density at radius 2 is 2.12 bits per heavy atom. The first-order valence-electron chi connectivity index (χ1n) is 5.24. The van der Waals surface area contributed by atoms with Gasteiger partial charge in [0.2, 0.25) is 0 Å². The first-order valence-corrected chi connectivity index (χ1v) is 5.62. The van der Waals surface area contributed by atoms with Crippen molar-refractivity contribution in [3.63, 3.8) is 0 Å². The predicted molar refractivity (Wildman–Crippen MR) is 64.1 cm³/mol. The van der Waals surface area contributed by atoms with E-state index in [1.807, 2.05) is 13.8 Å². The van der Waals surface area contributed by atoms with Gasteiger partial charge in [-0.1, -0.05) is 31.5 Å². The summed E-state index contributed by atoms with van der Waals surface area (Å²) in [6.07, 6.45) is 0. The lowest BCUT2D eigenvalue weighted by molar-refractivity contribution is 0.0550. The Hall–Kier alpha value is -0.640. The third-order valence-electron chi connectivity index (χ3n) is 2.37. The molecule has 0 saturated carbocycles. The van der Waals surface area contributed by atoms with Crippen LogP contribution in [0.2, 0.25) is 5.02 Å². The third-order valence-corrected chi connectivity index (χ3v) is 2.68. The van der Waals surface area contributed by atoms with Crippen LogP contribution in [-0.2, 0) is 5.60 Å². The van der Waals surface area contributed by atoms with E-state index in [1.165, 1.54) is 18.2 Å². The average molecular weight is 246 g/mol. The molecule has 0 aliphatic carbocycles. The van der Waals surface area contributed by atoms with Gasteiger partial charge in [0.05, 0.1) is 0 Å². The highest BCUT2D eigenvalue weighted by molar-refractivity contribution is 6.31.